The molecule has 1 atom stereocenters. The Morgan fingerprint density at radius 1 is 0.903 bits per heavy atom. The van der Waals surface area contributed by atoms with E-state index >= 15 is 0 Å². The first-order valence-electron chi connectivity index (χ1n) is 9.53. The minimum atomic E-state index is -1.21. The van der Waals surface area contributed by atoms with Crippen LogP contribution in [-0.2, 0) is 9.59 Å². The van der Waals surface area contributed by atoms with Crippen molar-refractivity contribution in [3.05, 3.63) is 72.8 Å². The largest absolute Gasteiger partial charge is 0.456 e. The van der Waals surface area contributed by atoms with Crippen molar-refractivity contribution in [2.75, 3.05) is 5.32 Å². The third kappa shape index (κ3) is 4.64. The molecule has 0 aliphatic carbocycles. The van der Waals surface area contributed by atoms with Crippen LogP contribution in [0.15, 0.2) is 77.2 Å². The van der Waals surface area contributed by atoms with Gasteiger partial charge in [0.05, 0.1) is 6.42 Å². The van der Waals surface area contributed by atoms with Crippen LogP contribution in [0.1, 0.15) is 6.42 Å². The molecule has 31 heavy (non-hydrogen) atoms. The molecule has 3 aromatic carbocycles. The van der Waals surface area contributed by atoms with Crippen molar-refractivity contribution < 1.29 is 23.5 Å². The van der Waals surface area contributed by atoms with Gasteiger partial charge in [-0.15, -0.1) is 0 Å². The number of carbonyl (C=O) groups is 3. The molecule has 1 aromatic heterocycles. The number of rotatable bonds is 6. The molecule has 0 aliphatic rings. The van der Waals surface area contributed by atoms with Crippen LogP contribution in [-0.4, -0.2) is 23.9 Å². The summed E-state index contributed by atoms with van der Waals surface area (Å²) in [5, 5.41) is 6.93. The third-order valence-corrected chi connectivity index (χ3v) is 4.61. The lowest BCUT2D eigenvalue weighted by molar-refractivity contribution is -0.123. The van der Waals surface area contributed by atoms with E-state index in [4.69, 9.17) is 14.9 Å². The molecule has 8 heteroatoms. The topological polar surface area (TPSA) is 124 Å². The number of furan rings is 1. The maximum atomic E-state index is 12.7. The number of carbonyl (C=O) groups excluding carboxylic acids is 3. The average molecular weight is 417 g/mol. The summed E-state index contributed by atoms with van der Waals surface area (Å²) in [4.78, 5) is 36.3. The molecule has 0 spiro atoms. The number of benzene rings is 3. The second-order valence-electron chi connectivity index (χ2n) is 6.87. The van der Waals surface area contributed by atoms with Gasteiger partial charge in [0.15, 0.2) is 0 Å². The Balaban J connectivity index is 1.49. The van der Waals surface area contributed by atoms with Crippen LogP contribution in [0.4, 0.5) is 10.5 Å². The molecule has 0 radical (unpaired) electrons. The molecule has 156 valence electrons. The summed E-state index contributed by atoms with van der Waals surface area (Å²) in [5.74, 6) is -1.05. The fraction of sp³-hybridized carbons (Fsp3) is 0.0870. The van der Waals surface area contributed by atoms with Crippen molar-refractivity contribution in [2.45, 2.75) is 12.5 Å². The van der Waals surface area contributed by atoms with Crippen molar-refractivity contribution >= 4 is 45.5 Å². The minimum absolute atomic E-state index is 0.300. The third-order valence-electron chi connectivity index (χ3n) is 4.61. The standard InChI is InChI=1S/C23H19N3O5/c24-21(27)13-18(26-23(29)30-15-6-2-1-3-7-15)22(28)25-14-10-11-17-16-8-4-5-9-19(16)31-20(17)12-14/h1-12,18H,13H2,(H2,24,27)(H,25,28)(H,26,29)/t18-/m0/s1. The first-order valence-corrected chi connectivity index (χ1v) is 9.53. The van der Waals surface area contributed by atoms with E-state index in [0.717, 1.165) is 16.4 Å². The Morgan fingerprint density at radius 3 is 2.39 bits per heavy atom. The summed E-state index contributed by atoms with van der Waals surface area (Å²) >= 11 is 0. The van der Waals surface area contributed by atoms with Crippen molar-refractivity contribution in [1.82, 2.24) is 5.32 Å². The van der Waals surface area contributed by atoms with Gasteiger partial charge in [0.25, 0.3) is 0 Å². The summed E-state index contributed by atoms with van der Waals surface area (Å²) in [6.07, 6.45) is -1.26. The van der Waals surface area contributed by atoms with E-state index in [0.29, 0.717) is 17.0 Å². The zero-order valence-corrected chi connectivity index (χ0v) is 16.3. The fourth-order valence-electron chi connectivity index (χ4n) is 3.21. The van der Waals surface area contributed by atoms with E-state index in [1.54, 1.807) is 42.5 Å². The van der Waals surface area contributed by atoms with Crippen molar-refractivity contribution in [2.24, 2.45) is 5.73 Å². The van der Waals surface area contributed by atoms with E-state index in [1.165, 1.54) is 0 Å². The molecule has 4 N–H and O–H groups in total. The lowest BCUT2D eigenvalue weighted by atomic mass is 10.1. The second-order valence-corrected chi connectivity index (χ2v) is 6.87. The van der Waals surface area contributed by atoms with E-state index in [2.05, 4.69) is 10.6 Å². The van der Waals surface area contributed by atoms with Gasteiger partial charge in [-0.05, 0) is 30.3 Å². The van der Waals surface area contributed by atoms with Crippen LogP contribution in [0.3, 0.4) is 0 Å². The highest BCUT2D eigenvalue weighted by molar-refractivity contribution is 6.07. The van der Waals surface area contributed by atoms with Gasteiger partial charge in [0, 0.05) is 22.5 Å². The number of anilines is 1. The number of nitrogens with one attached hydrogen (secondary N) is 2. The number of nitrogens with two attached hydrogens (primary N) is 1. The SMILES string of the molecule is NC(=O)C[C@H](NC(=O)Oc1ccccc1)C(=O)Nc1ccc2c(c1)oc1ccccc12. The maximum Gasteiger partial charge on any atom is 0.413 e. The quantitative estimate of drug-likeness (QED) is 0.443. The summed E-state index contributed by atoms with van der Waals surface area (Å²) in [6.45, 7) is 0. The summed E-state index contributed by atoms with van der Waals surface area (Å²) < 4.78 is 10.9. The molecular formula is C23H19N3O5. The van der Waals surface area contributed by atoms with Crippen molar-refractivity contribution in [3.8, 4) is 5.75 Å². The molecule has 3 amide bonds. The van der Waals surface area contributed by atoms with Crippen LogP contribution in [0.25, 0.3) is 21.9 Å². The van der Waals surface area contributed by atoms with E-state index in [-0.39, 0.29) is 6.42 Å². The molecule has 1 heterocycles. The van der Waals surface area contributed by atoms with Crippen molar-refractivity contribution in [3.63, 3.8) is 0 Å². The summed E-state index contributed by atoms with van der Waals surface area (Å²) in [6, 6.07) is 20.0. The first kappa shape index (κ1) is 20.0. The van der Waals surface area contributed by atoms with Gasteiger partial charge in [-0.25, -0.2) is 4.79 Å². The molecular weight excluding hydrogens is 398 g/mol. The number of hydrogen-bond donors (Lipinski definition) is 3. The fourth-order valence-corrected chi connectivity index (χ4v) is 3.21. The van der Waals surface area contributed by atoms with Gasteiger partial charge in [-0.3, -0.25) is 9.59 Å². The van der Waals surface area contributed by atoms with Crippen LogP contribution < -0.4 is 21.1 Å². The number of para-hydroxylation sites is 2. The highest BCUT2D eigenvalue weighted by Gasteiger charge is 2.24. The zero-order chi connectivity index (χ0) is 21.8. The van der Waals surface area contributed by atoms with Crippen LogP contribution >= 0.6 is 0 Å². The van der Waals surface area contributed by atoms with Gasteiger partial charge in [0.1, 0.15) is 23.0 Å². The molecule has 8 nitrogen and oxygen atoms in total. The Hall–Kier alpha value is -4.33. The predicted molar refractivity (Wildman–Crippen MR) is 116 cm³/mol. The maximum absolute atomic E-state index is 12.7. The molecule has 0 saturated carbocycles. The number of amides is 3. The molecule has 0 bridgehead atoms. The highest BCUT2D eigenvalue weighted by atomic mass is 16.6. The van der Waals surface area contributed by atoms with Crippen LogP contribution in [0.5, 0.6) is 5.75 Å². The van der Waals surface area contributed by atoms with Gasteiger partial charge in [-0.1, -0.05) is 36.4 Å². The lowest BCUT2D eigenvalue weighted by Crippen LogP contribution is -2.47. The predicted octanol–water partition coefficient (Wildman–Crippen LogP) is 3.56. The highest BCUT2D eigenvalue weighted by Crippen LogP contribution is 2.30. The van der Waals surface area contributed by atoms with E-state index < -0.39 is 23.9 Å². The van der Waals surface area contributed by atoms with E-state index in [1.807, 2.05) is 30.3 Å². The van der Waals surface area contributed by atoms with Gasteiger partial charge >= 0.3 is 6.09 Å². The number of ether oxygens (including phenoxy) is 1. The second kappa shape index (κ2) is 8.58. The number of hydrogen-bond acceptors (Lipinski definition) is 5. The molecule has 0 aliphatic heterocycles. The lowest BCUT2D eigenvalue weighted by Gasteiger charge is -2.17. The summed E-state index contributed by atoms with van der Waals surface area (Å²) in [5.41, 5.74) is 7.03. The van der Waals surface area contributed by atoms with Gasteiger partial charge in [-0.2, -0.15) is 0 Å². The smallest absolute Gasteiger partial charge is 0.413 e. The first-order chi connectivity index (χ1) is 15.0. The van der Waals surface area contributed by atoms with Crippen LogP contribution in [0, 0.1) is 0 Å². The Morgan fingerprint density at radius 2 is 1.61 bits per heavy atom. The van der Waals surface area contributed by atoms with Gasteiger partial charge < -0.3 is 25.5 Å². The molecule has 0 unspecified atom stereocenters. The molecule has 0 saturated heterocycles. The molecule has 0 fully saturated rings. The van der Waals surface area contributed by atoms with Crippen molar-refractivity contribution in [1.29, 1.82) is 0 Å². The normalized spacial score (nSPS) is 11.7. The molecule has 4 aromatic rings. The summed E-state index contributed by atoms with van der Waals surface area (Å²) in [7, 11) is 0. The van der Waals surface area contributed by atoms with Gasteiger partial charge in [0.2, 0.25) is 11.8 Å². The average Bonchev–Trinajstić information content (AvgIpc) is 3.11. The number of primary amides is 1. The molecule has 4 rings (SSSR count). The Kier molecular flexibility index (Phi) is 5.53. The minimum Gasteiger partial charge on any atom is -0.456 e. The Bertz CT molecular complexity index is 1270. The number of fused-ring (bicyclic) bond motifs is 3. The zero-order valence-electron chi connectivity index (χ0n) is 16.3. The van der Waals surface area contributed by atoms with Crippen LogP contribution in [0.2, 0.25) is 0 Å². The Labute approximate surface area is 177 Å². The van der Waals surface area contributed by atoms with E-state index in [9.17, 15) is 14.4 Å². The monoisotopic (exact) mass is 417 g/mol.